The van der Waals surface area contributed by atoms with E-state index in [2.05, 4.69) is 16.7 Å². The molecule has 0 spiro atoms. The van der Waals surface area contributed by atoms with Crippen LogP contribution < -0.4 is 4.72 Å². The van der Waals surface area contributed by atoms with E-state index in [0.717, 1.165) is 24.0 Å². The zero-order chi connectivity index (χ0) is 21.2. The molecule has 0 atom stereocenters. The fourth-order valence-corrected chi connectivity index (χ4v) is 4.77. The van der Waals surface area contributed by atoms with Crippen molar-refractivity contribution in [1.29, 1.82) is 0 Å². The molecular formula is C21H23Cl2N3O2S. The number of hydrogen-bond donors (Lipinski definition) is 1. The number of nitrogens with one attached hydrogen (secondary N) is 1. The molecule has 5 nitrogen and oxygen atoms in total. The Kier molecular flexibility index (Phi) is 6.56. The molecule has 2 aromatic carbocycles. The summed E-state index contributed by atoms with van der Waals surface area (Å²) in [5.41, 5.74) is 3.75. The van der Waals surface area contributed by atoms with Gasteiger partial charge in [-0.15, -0.1) is 0 Å². The van der Waals surface area contributed by atoms with Crippen LogP contribution in [0.1, 0.15) is 35.9 Å². The molecule has 3 aromatic rings. The van der Waals surface area contributed by atoms with E-state index in [9.17, 15) is 8.42 Å². The third kappa shape index (κ3) is 4.94. The zero-order valence-electron chi connectivity index (χ0n) is 16.5. The Labute approximate surface area is 181 Å². The molecule has 0 unspecified atom stereocenters. The van der Waals surface area contributed by atoms with Crippen LogP contribution in [0.2, 0.25) is 10.0 Å². The Morgan fingerprint density at radius 2 is 1.76 bits per heavy atom. The summed E-state index contributed by atoms with van der Waals surface area (Å²) >= 11 is 12.2. The molecule has 1 heterocycles. The van der Waals surface area contributed by atoms with Crippen LogP contribution in [0.15, 0.2) is 47.4 Å². The lowest BCUT2D eigenvalue weighted by Gasteiger charge is -2.10. The summed E-state index contributed by atoms with van der Waals surface area (Å²) in [5, 5.41) is 5.59. The van der Waals surface area contributed by atoms with E-state index in [1.54, 1.807) is 35.9 Å². The second kappa shape index (κ2) is 8.78. The lowest BCUT2D eigenvalue weighted by Crippen LogP contribution is -2.14. The van der Waals surface area contributed by atoms with Crippen LogP contribution in [0, 0.1) is 13.8 Å². The average molecular weight is 452 g/mol. The molecule has 0 amide bonds. The molecular weight excluding hydrogens is 429 g/mol. The summed E-state index contributed by atoms with van der Waals surface area (Å²) in [6.45, 7) is 6.10. The van der Waals surface area contributed by atoms with Crippen LogP contribution in [-0.2, 0) is 23.0 Å². The Balaban J connectivity index is 1.86. The first-order valence-electron chi connectivity index (χ1n) is 9.31. The van der Waals surface area contributed by atoms with Crippen LogP contribution in [-0.4, -0.2) is 18.2 Å². The van der Waals surface area contributed by atoms with E-state index in [4.69, 9.17) is 23.2 Å². The number of benzene rings is 2. The largest absolute Gasteiger partial charge is 0.276 e. The maximum absolute atomic E-state index is 12.9. The van der Waals surface area contributed by atoms with Gasteiger partial charge in [-0.3, -0.25) is 9.40 Å². The van der Waals surface area contributed by atoms with E-state index >= 15 is 0 Å². The molecule has 1 aromatic heterocycles. The van der Waals surface area contributed by atoms with Gasteiger partial charge in [0.1, 0.15) is 0 Å². The summed E-state index contributed by atoms with van der Waals surface area (Å²) in [4.78, 5) is 0.227. The van der Waals surface area contributed by atoms with Crippen molar-refractivity contribution in [3.63, 3.8) is 0 Å². The molecule has 29 heavy (non-hydrogen) atoms. The van der Waals surface area contributed by atoms with Crippen LogP contribution >= 0.6 is 23.2 Å². The number of halogens is 2. The first-order valence-corrected chi connectivity index (χ1v) is 11.5. The van der Waals surface area contributed by atoms with E-state index in [0.29, 0.717) is 33.7 Å². The molecule has 0 saturated carbocycles. The van der Waals surface area contributed by atoms with E-state index in [1.807, 2.05) is 25.1 Å². The second-order valence-electron chi connectivity index (χ2n) is 6.94. The molecule has 0 fully saturated rings. The van der Waals surface area contributed by atoms with Crippen molar-refractivity contribution in [2.45, 2.75) is 45.1 Å². The minimum absolute atomic E-state index is 0.227. The van der Waals surface area contributed by atoms with Gasteiger partial charge >= 0.3 is 0 Å². The predicted octanol–water partition coefficient (Wildman–Crippen LogP) is 5.61. The number of sulfonamides is 1. The number of aromatic nitrogens is 2. The SMILES string of the molecule is CCCc1ccc(S(=O)(=O)Nc2c(C)nn(Cc3ccc(Cl)cc3Cl)c2C)cc1. The first kappa shape index (κ1) is 21.7. The lowest BCUT2D eigenvalue weighted by atomic mass is 10.1. The third-order valence-corrected chi connectivity index (χ3v) is 6.68. The lowest BCUT2D eigenvalue weighted by molar-refractivity contribution is 0.601. The van der Waals surface area contributed by atoms with Gasteiger partial charge in [0.2, 0.25) is 0 Å². The highest BCUT2D eigenvalue weighted by Gasteiger charge is 2.20. The van der Waals surface area contributed by atoms with Crippen molar-refractivity contribution in [2.24, 2.45) is 0 Å². The summed E-state index contributed by atoms with van der Waals surface area (Å²) in [5.74, 6) is 0. The zero-order valence-corrected chi connectivity index (χ0v) is 18.9. The standard InChI is InChI=1S/C21H23Cl2N3O2S/c1-4-5-16-6-10-19(11-7-16)29(27,28)25-21-14(2)24-26(15(21)3)13-17-8-9-18(22)12-20(17)23/h6-12,25H,4-5,13H2,1-3H3. The highest BCUT2D eigenvalue weighted by atomic mass is 35.5. The summed E-state index contributed by atoms with van der Waals surface area (Å²) in [6.07, 6.45) is 1.94. The highest BCUT2D eigenvalue weighted by Crippen LogP contribution is 2.26. The number of aryl methyl sites for hydroxylation is 2. The summed E-state index contributed by atoms with van der Waals surface area (Å²) in [6, 6.07) is 12.2. The van der Waals surface area contributed by atoms with Gasteiger partial charge in [-0.2, -0.15) is 5.10 Å². The van der Waals surface area contributed by atoms with E-state index in [1.165, 1.54) is 0 Å². The van der Waals surface area contributed by atoms with Crippen LogP contribution in [0.5, 0.6) is 0 Å². The molecule has 0 aliphatic carbocycles. The maximum Gasteiger partial charge on any atom is 0.262 e. The first-order chi connectivity index (χ1) is 13.7. The van der Waals surface area contributed by atoms with Gasteiger partial charge in [-0.05, 0) is 55.7 Å². The Morgan fingerprint density at radius 3 is 2.38 bits per heavy atom. The number of nitrogens with zero attached hydrogens (tertiary/aromatic N) is 2. The smallest absolute Gasteiger partial charge is 0.262 e. The molecule has 0 radical (unpaired) electrons. The van der Waals surface area contributed by atoms with E-state index < -0.39 is 10.0 Å². The third-order valence-electron chi connectivity index (χ3n) is 4.73. The van der Waals surface area contributed by atoms with Crippen molar-refractivity contribution in [3.8, 4) is 0 Å². The van der Waals surface area contributed by atoms with Crippen LogP contribution in [0.3, 0.4) is 0 Å². The van der Waals surface area contributed by atoms with Crippen molar-refractivity contribution in [1.82, 2.24) is 9.78 Å². The van der Waals surface area contributed by atoms with Crippen LogP contribution in [0.25, 0.3) is 0 Å². The van der Waals surface area contributed by atoms with Gasteiger partial charge in [0.05, 0.1) is 28.5 Å². The van der Waals surface area contributed by atoms with Crippen molar-refractivity contribution >= 4 is 38.9 Å². The van der Waals surface area contributed by atoms with Crippen LogP contribution in [0.4, 0.5) is 5.69 Å². The molecule has 0 aliphatic rings. The Hall–Kier alpha value is -2.02. The van der Waals surface area contributed by atoms with Gasteiger partial charge in [0.25, 0.3) is 10.0 Å². The predicted molar refractivity (Wildman–Crippen MR) is 119 cm³/mol. The molecule has 0 saturated heterocycles. The normalized spacial score (nSPS) is 11.6. The molecule has 154 valence electrons. The number of rotatable bonds is 7. The molecule has 0 bridgehead atoms. The topological polar surface area (TPSA) is 64.0 Å². The Morgan fingerprint density at radius 1 is 1.07 bits per heavy atom. The highest BCUT2D eigenvalue weighted by molar-refractivity contribution is 7.92. The average Bonchev–Trinajstić information content (AvgIpc) is 2.92. The molecule has 1 N–H and O–H groups in total. The van der Waals surface area contributed by atoms with Gasteiger partial charge in [-0.1, -0.05) is 54.7 Å². The van der Waals surface area contributed by atoms with Gasteiger partial charge in [-0.25, -0.2) is 8.42 Å². The monoisotopic (exact) mass is 451 g/mol. The van der Waals surface area contributed by atoms with Crippen molar-refractivity contribution < 1.29 is 8.42 Å². The van der Waals surface area contributed by atoms with Crippen molar-refractivity contribution in [2.75, 3.05) is 4.72 Å². The molecule has 3 rings (SSSR count). The summed E-state index contributed by atoms with van der Waals surface area (Å²) < 4.78 is 30.1. The minimum Gasteiger partial charge on any atom is -0.276 e. The van der Waals surface area contributed by atoms with Gasteiger partial charge in [0.15, 0.2) is 0 Å². The second-order valence-corrected chi connectivity index (χ2v) is 9.46. The molecule has 8 heteroatoms. The fraction of sp³-hybridized carbons (Fsp3) is 0.286. The maximum atomic E-state index is 12.9. The quantitative estimate of drug-likeness (QED) is 0.507. The number of hydrogen-bond acceptors (Lipinski definition) is 3. The summed E-state index contributed by atoms with van der Waals surface area (Å²) in [7, 11) is -3.71. The minimum atomic E-state index is -3.71. The fourth-order valence-electron chi connectivity index (χ4n) is 3.13. The van der Waals surface area contributed by atoms with Crippen molar-refractivity contribution in [3.05, 3.63) is 75.0 Å². The number of anilines is 1. The molecule has 0 aliphatic heterocycles. The van der Waals surface area contributed by atoms with Gasteiger partial charge in [0, 0.05) is 10.0 Å². The Bertz CT molecular complexity index is 1120. The van der Waals surface area contributed by atoms with Gasteiger partial charge < -0.3 is 0 Å². The van der Waals surface area contributed by atoms with E-state index in [-0.39, 0.29) is 4.90 Å².